The van der Waals surface area contributed by atoms with E-state index < -0.39 is 88.3 Å². The van der Waals surface area contributed by atoms with Crippen LogP contribution in [0.15, 0.2) is 0 Å². The zero-order chi connectivity index (χ0) is 32.4. The monoisotopic (exact) mass is 582 g/mol. The van der Waals surface area contributed by atoms with Gasteiger partial charge in [-0.3, -0.25) is 24.0 Å². The molecule has 1 aliphatic heterocycles. The molecule has 1 rings (SSSR count). The molecule has 0 aromatic carbocycles. The van der Waals surface area contributed by atoms with E-state index in [0.717, 1.165) is 6.92 Å². The Bertz CT molecular complexity index is 1060. The first-order valence-corrected chi connectivity index (χ1v) is 13.4. The molecule has 1 fully saturated rings. The average Bonchev–Trinajstić information content (AvgIpc) is 2.77. The van der Waals surface area contributed by atoms with Gasteiger partial charge in [0.1, 0.15) is 12.7 Å². The molecule has 1 aliphatic rings. The van der Waals surface area contributed by atoms with Crippen LogP contribution in [0.3, 0.4) is 0 Å². The van der Waals surface area contributed by atoms with Crippen molar-refractivity contribution >= 4 is 29.8 Å². The number of hydrogen-bond acceptors (Lipinski definition) is 11. The fraction of sp³-hybridized carbons (Fsp3) is 0.767. The Balaban J connectivity index is 3.93. The van der Waals surface area contributed by atoms with Crippen molar-refractivity contribution in [3.05, 3.63) is 0 Å². The molecule has 0 bridgehead atoms. The maximum Gasteiger partial charge on any atom is 0.320 e. The summed E-state index contributed by atoms with van der Waals surface area (Å²) in [5.74, 6) is -4.03. The second kappa shape index (κ2) is 12.4. The van der Waals surface area contributed by atoms with Crippen molar-refractivity contribution in [2.45, 2.75) is 120 Å². The first-order chi connectivity index (χ1) is 18.3. The summed E-state index contributed by atoms with van der Waals surface area (Å²) in [6.07, 6.45) is -0.485. The van der Waals surface area contributed by atoms with Gasteiger partial charge in [0.05, 0.1) is 21.7 Å². The number of ether oxygens (including phenoxy) is 6. The lowest BCUT2D eigenvalue weighted by Gasteiger charge is -2.49. The molecule has 0 saturated carbocycles. The molecule has 5 atom stereocenters. The summed E-state index contributed by atoms with van der Waals surface area (Å²) in [5.41, 5.74) is -4.08. The molecule has 0 spiro atoms. The third kappa shape index (κ3) is 9.45. The van der Waals surface area contributed by atoms with Crippen molar-refractivity contribution in [1.82, 2.24) is 0 Å². The maximum atomic E-state index is 13.2. The zero-order valence-electron chi connectivity index (χ0n) is 26.6. The maximum absolute atomic E-state index is 13.2. The van der Waals surface area contributed by atoms with Gasteiger partial charge in [-0.25, -0.2) is 0 Å². The smallest absolute Gasteiger partial charge is 0.320 e. The first-order valence-electron chi connectivity index (χ1n) is 13.4. The van der Waals surface area contributed by atoms with Crippen LogP contribution in [0.25, 0.3) is 0 Å². The van der Waals surface area contributed by atoms with E-state index in [1.807, 2.05) is 0 Å². The summed E-state index contributed by atoms with van der Waals surface area (Å²) in [7, 11) is 0. The summed E-state index contributed by atoms with van der Waals surface area (Å²) < 4.78 is 34.4. The highest BCUT2D eigenvalue weighted by molar-refractivity contribution is 5.78. The number of terminal acetylenes is 1. The first kappa shape index (κ1) is 35.9. The summed E-state index contributed by atoms with van der Waals surface area (Å²) in [6.45, 7) is 19.7. The Labute approximate surface area is 243 Å². The molecule has 1 heterocycles. The highest BCUT2D eigenvalue weighted by Crippen LogP contribution is 2.39. The van der Waals surface area contributed by atoms with Crippen molar-refractivity contribution in [3.8, 4) is 12.3 Å². The van der Waals surface area contributed by atoms with Crippen LogP contribution in [0.5, 0.6) is 0 Å². The van der Waals surface area contributed by atoms with Gasteiger partial charge in [0.2, 0.25) is 6.10 Å². The molecular formula is C30H46O11. The Kier molecular flexibility index (Phi) is 10.9. The lowest BCUT2D eigenvalue weighted by atomic mass is 9.89. The minimum Gasteiger partial charge on any atom is -0.462 e. The van der Waals surface area contributed by atoms with Crippen molar-refractivity contribution in [1.29, 1.82) is 0 Å². The van der Waals surface area contributed by atoms with E-state index >= 15 is 0 Å². The second-order valence-corrected chi connectivity index (χ2v) is 14.2. The van der Waals surface area contributed by atoms with Crippen LogP contribution in [0.4, 0.5) is 0 Å². The molecule has 1 saturated heterocycles. The number of esters is 5. The van der Waals surface area contributed by atoms with Gasteiger partial charge in [0.15, 0.2) is 12.2 Å². The highest BCUT2D eigenvalue weighted by atomic mass is 16.8. The summed E-state index contributed by atoms with van der Waals surface area (Å²) in [5, 5.41) is 0. The van der Waals surface area contributed by atoms with E-state index in [0.29, 0.717) is 0 Å². The average molecular weight is 583 g/mol. The molecule has 232 valence electrons. The van der Waals surface area contributed by atoms with E-state index in [1.54, 1.807) is 83.1 Å². The van der Waals surface area contributed by atoms with Gasteiger partial charge in [-0.1, -0.05) is 0 Å². The van der Waals surface area contributed by atoms with Crippen LogP contribution in [-0.4, -0.2) is 66.7 Å². The highest BCUT2D eigenvalue weighted by Gasteiger charge is 2.63. The molecule has 0 amide bonds. The number of hydrogen-bond donors (Lipinski definition) is 0. The number of carbonyl (C=O) groups excluding carboxylic acids is 5. The summed E-state index contributed by atoms with van der Waals surface area (Å²) >= 11 is 0. The van der Waals surface area contributed by atoms with Gasteiger partial charge in [-0.15, -0.1) is 6.42 Å². The van der Waals surface area contributed by atoms with Crippen molar-refractivity contribution in [2.24, 2.45) is 21.7 Å². The van der Waals surface area contributed by atoms with Gasteiger partial charge in [-0.2, -0.15) is 0 Å². The number of rotatable bonds is 6. The zero-order valence-corrected chi connectivity index (χ0v) is 26.6. The molecule has 0 aromatic rings. The fourth-order valence-electron chi connectivity index (χ4n) is 3.21. The van der Waals surface area contributed by atoms with Crippen LogP contribution < -0.4 is 0 Å². The van der Waals surface area contributed by atoms with Crippen molar-refractivity contribution < 1.29 is 52.4 Å². The van der Waals surface area contributed by atoms with Gasteiger partial charge in [0, 0.05) is 6.92 Å². The lowest BCUT2D eigenvalue weighted by Crippen LogP contribution is -2.69. The lowest BCUT2D eigenvalue weighted by molar-refractivity contribution is -0.333. The van der Waals surface area contributed by atoms with E-state index in [2.05, 4.69) is 5.92 Å². The van der Waals surface area contributed by atoms with E-state index in [-0.39, 0.29) is 0 Å². The van der Waals surface area contributed by atoms with Gasteiger partial charge in [-0.05, 0) is 89.0 Å². The van der Waals surface area contributed by atoms with E-state index in [1.165, 1.54) is 0 Å². The van der Waals surface area contributed by atoms with Crippen LogP contribution in [0.1, 0.15) is 90.0 Å². The van der Waals surface area contributed by atoms with E-state index in [9.17, 15) is 24.0 Å². The van der Waals surface area contributed by atoms with Crippen LogP contribution in [-0.2, 0) is 52.4 Å². The third-order valence-corrected chi connectivity index (χ3v) is 5.73. The standard InChI is InChI=1S/C30H46O11/c1-15-30(40-17(2)31)21(39-25(35)29(12,13)14)20(38-24(34)28(9,10)11)19(37-23(33)27(6,7)8)18(41-30)16-36-22(32)26(3,4)5/h1,18-21H,16H2,2-14H3/t18-,19-,20+,21-,30?/m1/s1. The van der Waals surface area contributed by atoms with Gasteiger partial charge < -0.3 is 28.4 Å². The van der Waals surface area contributed by atoms with Gasteiger partial charge in [0.25, 0.3) is 0 Å². The Morgan fingerprint density at radius 2 is 1.07 bits per heavy atom. The molecule has 11 nitrogen and oxygen atoms in total. The number of carbonyl (C=O) groups is 5. The predicted octanol–water partition coefficient (Wildman–Crippen LogP) is 3.74. The predicted molar refractivity (Wildman–Crippen MR) is 147 cm³/mol. The SMILES string of the molecule is C#CC1(OC(C)=O)O[C@H](COC(=O)C(C)(C)C)[C@@H](OC(=O)C(C)(C)C)[C@H](OC(=O)C(C)(C)C)[C@H]1OC(=O)C(C)(C)C. The Morgan fingerprint density at radius 3 is 1.44 bits per heavy atom. The second-order valence-electron chi connectivity index (χ2n) is 14.2. The normalized spacial score (nSPS) is 25.3. The molecule has 41 heavy (non-hydrogen) atoms. The van der Waals surface area contributed by atoms with Crippen LogP contribution >= 0.6 is 0 Å². The van der Waals surface area contributed by atoms with Crippen LogP contribution in [0, 0.1) is 34.0 Å². The van der Waals surface area contributed by atoms with Crippen LogP contribution in [0.2, 0.25) is 0 Å². The molecule has 0 aromatic heterocycles. The van der Waals surface area contributed by atoms with Crippen molar-refractivity contribution in [3.63, 3.8) is 0 Å². The topological polar surface area (TPSA) is 141 Å². The molecule has 0 aliphatic carbocycles. The molecular weight excluding hydrogens is 536 g/mol. The molecule has 0 N–H and O–H groups in total. The molecule has 11 heteroatoms. The minimum atomic E-state index is -2.45. The fourth-order valence-corrected chi connectivity index (χ4v) is 3.21. The Hall–Kier alpha value is -3.13. The third-order valence-electron chi connectivity index (χ3n) is 5.73. The van der Waals surface area contributed by atoms with Gasteiger partial charge >= 0.3 is 35.6 Å². The summed E-state index contributed by atoms with van der Waals surface area (Å²) in [4.78, 5) is 64.4. The molecule has 0 radical (unpaired) electrons. The largest absolute Gasteiger partial charge is 0.462 e. The minimum absolute atomic E-state index is 0.535. The molecule has 1 unspecified atom stereocenters. The van der Waals surface area contributed by atoms with E-state index in [4.69, 9.17) is 34.8 Å². The Morgan fingerprint density at radius 1 is 0.683 bits per heavy atom. The summed E-state index contributed by atoms with van der Waals surface area (Å²) in [6, 6.07) is 0. The quantitative estimate of drug-likeness (QED) is 0.257. The van der Waals surface area contributed by atoms with Crippen molar-refractivity contribution in [2.75, 3.05) is 6.61 Å².